The molecule has 0 aliphatic rings. The lowest BCUT2D eigenvalue weighted by molar-refractivity contribution is -0.139. The molecule has 1 N–H and O–H groups in total. The van der Waals surface area contributed by atoms with Gasteiger partial charge in [-0.2, -0.15) is 0 Å². The molecular formula is C10H21Cl2N2O4P. The first kappa shape index (κ1) is 19.2. The van der Waals surface area contributed by atoms with Gasteiger partial charge in [0.05, 0.1) is 13.7 Å². The summed E-state index contributed by atoms with van der Waals surface area (Å²) in [6.07, 6.45) is 0.708. The maximum atomic E-state index is 12.7. The summed E-state index contributed by atoms with van der Waals surface area (Å²) in [7, 11) is -2.07. The van der Waals surface area contributed by atoms with Crippen LogP contribution < -0.4 is 5.09 Å². The monoisotopic (exact) mass is 334 g/mol. The number of carbonyl (C=O) groups excluding carboxylic acids is 1. The van der Waals surface area contributed by atoms with Gasteiger partial charge in [0.1, 0.15) is 6.54 Å². The zero-order valence-corrected chi connectivity index (χ0v) is 13.6. The third-order valence-corrected chi connectivity index (χ3v) is 4.75. The van der Waals surface area contributed by atoms with Gasteiger partial charge in [-0.05, 0) is 6.42 Å². The number of halogens is 2. The second-order valence-corrected chi connectivity index (χ2v) is 6.53. The minimum absolute atomic E-state index is 0.196. The fourth-order valence-corrected chi connectivity index (χ4v) is 3.83. The molecule has 0 saturated carbocycles. The van der Waals surface area contributed by atoms with E-state index >= 15 is 0 Å². The summed E-state index contributed by atoms with van der Waals surface area (Å²) in [6, 6.07) is 0. The summed E-state index contributed by atoms with van der Waals surface area (Å²) in [5, 5.41) is 2.62. The second-order valence-electron chi connectivity index (χ2n) is 3.60. The second kappa shape index (κ2) is 10.9. The van der Waals surface area contributed by atoms with Gasteiger partial charge in [0.15, 0.2) is 0 Å². The number of nitrogens with one attached hydrogen (secondary N) is 1. The molecule has 0 aromatic rings. The molecule has 0 bridgehead atoms. The highest BCUT2D eigenvalue weighted by Gasteiger charge is 2.31. The topological polar surface area (TPSA) is 67.9 Å². The van der Waals surface area contributed by atoms with Crippen LogP contribution in [0.1, 0.15) is 13.3 Å². The van der Waals surface area contributed by atoms with Crippen molar-refractivity contribution >= 4 is 36.8 Å². The average molecular weight is 335 g/mol. The predicted octanol–water partition coefficient (Wildman–Crippen LogP) is 2.06. The van der Waals surface area contributed by atoms with Crippen LogP contribution in [0.4, 0.5) is 0 Å². The lowest BCUT2D eigenvalue weighted by atomic mass is 10.5. The summed E-state index contributed by atoms with van der Waals surface area (Å²) >= 11 is 11.4. The Morgan fingerprint density at radius 1 is 1.32 bits per heavy atom. The van der Waals surface area contributed by atoms with E-state index in [0.29, 0.717) is 26.1 Å². The number of esters is 1. The summed E-state index contributed by atoms with van der Waals surface area (Å²) in [4.78, 5) is 11.1. The van der Waals surface area contributed by atoms with Gasteiger partial charge >= 0.3 is 13.6 Å². The van der Waals surface area contributed by atoms with Crippen molar-refractivity contribution in [1.29, 1.82) is 0 Å². The van der Waals surface area contributed by atoms with Crippen molar-refractivity contribution in [2.45, 2.75) is 13.3 Å². The first-order chi connectivity index (χ1) is 9.03. The number of ether oxygens (including phenoxy) is 1. The first-order valence-corrected chi connectivity index (χ1v) is 8.62. The molecule has 9 heteroatoms. The van der Waals surface area contributed by atoms with Gasteiger partial charge in [0.2, 0.25) is 0 Å². The maximum Gasteiger partial charge on any atom is 0.344 e. The van der Waals surface area contributed by atoms with E-state index in [9.17, 15) is 9.36 Å². The van der Waals surface area contributed by atoms with E-state index in [1.165, 1.54) is 11.8 Å². The molecule has 0 aliphatic carbocycles. The molecule has 19 heavy (non-hydrogen) atoms. The highest BCUT2D eigenvalue weighted by Crippen LogP contribution is 2.46. The number of carbonyl (C=O) groups is 1. The van der Waals surface area contributed by atoms with Gasteiger partial charge in [0, 0.05) is 24.8 Å². The predicted molar refractivity (Wildman–Crippen MR) is 76.9 cm³/mol. The van der Waals surface area contributed by atoms with Crippen LogP contribution in [0.5, 0.6) is 0 Å². The fraction of sp³-hybridized carbons (Fsp3) is 0.900. The van der Waals surface area contributed by atoms with Crippen molar-refractivity contribution in [3.63, 3.8) is 0 Å². The average Bonchev–Trinajstić information content (AvgIpc) is 2.42. The van der Waals surface area contributed by atoms with Crippen molar-refractivity contribution in [3.05, 3.63) is 0 Å². The number of methoxy groups -OCH3 is 1. The maximum absolute atomic E-state index is 12.7. The molecule has 0 saturated heterocycles. The summed E-state index contributed by atoms with van der Waals surface area (Å²) in [5.74, 6) is 0.0593. The van der Waals surface area contributed by atoms with Crippen LogP contribution in [0, 0.1) is 0 Å². The number of rotatable bonds is 11. The van der Waals surface area contributed by atoms with Gasteiger partial charge < -0.3 is 9.26 Å². The number of hydrogen-bond donors (Lipinski definition) is 1. The normalized spacial score (nSPS) is 14.4. The Morgan fingerprint density at radius 3 is 2.32 bits per heavy atom. The minimum atomic E-state index is -3.33. The largest absolute Gasteiger partial charge is 0.468 e. The lowest BCUT2D eigenvalue weighted by Crippen LogP contribution is -2.35. The number of nitrogens with zero attached hydrogens (tertiary/aromatic N) is 1. The van der Waals surface area contributed by atoms with Crippen molar-refractivity contribution in [2.24, 2.45) is 0 Å². The van der Waals surface area contributed by atoms with Crippen LogP contribution in [0.25, 0.3) is 0 Å². The van der Waals surface area contributed by atoms with Gasteiger partial charge in [-0.25, -0.2) is 9.76 Å². The van der Waals surface area contributed by atoms with Gasteiger partial charge in [0.25, 0.3) is 0 Å². The Bertz CT molecular complexity index is 301. The van der Waals surface area contributed by atoms with E-state index in [2.05, 4.69) is 9.82 Å². The number of alkyl halides is 2. The Balaban J connectivity index is 4.78. The fourth-order valence-electron chi connectivity index (χ4n) is 1.25. The highest BCUT2D eigenvalue weighted by atomic mass is 35.5. The van der Waals surface area contributed by atoms with Crippen molar-refractivity contribution in [3.8, 4) is 0 Å². The minimum Gasteiger partial charge on any atom is -0.468 e. The summed E-state index contributed by atoms with van der Waals surface area (Å²) < 4.78 is 24.2. The van der Waals surface area contributed by atoms with Crippen molar-refractivity contribution in [1.82, 2.24) is 9.76 Å². The van der Waals surface area contributed by atoms with Crippen molar-refractivity contribution in [2.75, 3.05) is 45.1 Å². The van der Waals surface area contributed by atoms with E-state index in [4.69, 9.17) is 27.7 Å². The van der Waals surface area contributed by atoms with E-state index in [0.717, 1.165) is 0 Å². The molecule has 0 heterocycles. The Hall–Kier alpha value is 0.160. The third kappa shape index (κ3) is 7.49. The molecule has 0 aromatic heterocycles. The molecule has 1 unspecified atom stereocenters. The SMILES string of the molecule is CCCOP(=O)(NCC(=O)OC)N(CCCl)CCCl. The van der Waals surface area contributed by atoms with E-state index in [-0.39, 0.29) is 18.3 Å². The molecule has 0 aliphatic heterocycles. The van der Waals surface area contributed by atoms with Crippen LogP contribution >= 0.6 is 30.9 Å². The third-order valence-electron chi connectivity index (χ3n) is 2.18. The molecule has 0 fully saturated rings. The van der Waals surface area contributed by atoms with Crippen LogP contribution in [0.15, 0.2) is 0 Å². The lowest BCUT2D eigenvalue weighted by Gasteiger charge is -2.30. The smallest absolute Gasteiger partial charge is 0.344 e. The van der Waals surface area contributed by atoms with E-state index in [1.807, 2.05) is 6.92 Å². The zero-order valence-electron chi connectivity index (χ0n) is 11.2. The molecular weight excluding hydrogens is 314 g/mol. The summed E-state index contributed by atoms with van der Waals surface area (Å²) in [5.41, 5.74) is 0. The van der Waals surface area contributed by atoms with Crippen LogP contribution in [0.3, 0.4) is 0 Å². The Morgan fingerprint density at radius 2 is 1.89 bits per heavy atom. The summed E-state index contributed by atoms with van der Waals surface area (Å²) in [6.45, 7) is 2.72. The Labute approximate surface area is 124 Å². The molecule has 0 aromatic carbocycles. The van der Waals surface area contributed by atoms with Crippen LogP contribution in [-0.2, 0) is 18.6 Å². The van der Waals surface area contributed by atoms with E-state index in [1.54, 1.807) is 0 Å². The molecule has 0 amide bonds. The molecule has 1 atom stereocenters. The van der Waals surface area contributed by atoms with Gasteiger partial charge in [-0.15, -0.1) is 23.2 Å². The number of hydrogen-bond acceptors (Lipinski definition) is 4. The highest BCUT2D eigenvalue weighted by molar-refractivity contribution is 7.54. The molecule has 0 rings (SSSR count). The van der Waals surface area contributed by atoms with Crippen molar-refractivity contribution < 1.29 is 18.6 Å². The quantitative estimate of drug-likeness (QED) is 0.354. The van der Waals surface area contributed by atoms with Crippen LogP contribution in [-0.4, -0.2) is 55.8 Å². The van der Waals surface area contributed by atoms with E-state index < -0.39 is 13.6 Å². The first-order valence-electron chi connectivity index (χ1n) is 5.98. The van der Waals surface area contributed by atoms with Gasteiger partial charge in [-0.1, -0.05) is 6.92 Å². The molecule has 0 spiro atoms. The van der Waals surface area contributed by atoms with Gasteiger partial charge in [-0.3, -0.25) is 9.36 Å². The molecule has 114 valence electrons. The molecule has 6 nitrogen and oxygen atoms in total. The Kier molecular flexibility index (Phi) is 11.0. The standard InChI is InChI=1S/C10H21Cl2N2O4P/c1-3-8-18-19(16,13-9-10(15)17-2)14(6-4-11)7-5-12/h3-9H2,1-2H3,(H,13,16). The van der Waals surface area contributed by atoms with Crippen LogP contribution in [0.2, 0.25) is 0 Å². The zero-order chi connectivity index (χ0) is 14.7. The molecule has 0 radical (unpaired) electrons.